The molecule has 2 aromatic rings. The number of hydrogen-bond acceptors (Lipinski definition) is 4. The number of carboxylic acid groups (broad SMARTS) is 1. The van der Waals surface area contributed by atoms with Crippen LogP contribution in [0.3, 0.4) is 0 Å². The molecule has 22 heavy (non-hydrogen) atoms. The fourth-order valence-electron chi connectivity index (χ4n) is 2.46. The van der Waals surface area contributed by atoms with E-state index in [0.717, 1.165) is 23.0 Å². The van der Waals surface area contributed by atoms with Crippen molar-refractivity contribution < 1.29 is 23.5 Å². The summed E-state index contributed by atoms with van der Waals surface area (Å²) in [6.07, 6.45) is 1.21. The summed E-state index contributed by atoms with van der Waals surface area (Å²) in [5.41, 5.74) is 2.32. The molecule has 2 N–H and O–H groups in total. The molecule has 0 radical (unpaired) electrons. The highest BCUT2D eigenvalue weighted by atomic mass is 19.1. The van der Waals surface area contributed by atoms with Crippen LogP contribution in [0.15, 0.2) is 18.2 Å². The molecule has 1 aliphatic carbocycles. The molecule has 6 nitrogen and oxygen atoms in total. The Morgan fingerprint density at radius 1 is 1.32 bits per heavy atom. The molecule has 1 aliphatic rings. The van der Waals surface area contributed by atoms with Gasteiger partial charge in [-0.15, -0.1) is 5.10 Å². The lowest BCUT2D eigenvalue weighted by atomic mass is 9.94. The third kappa shape index (κ3) is 2.32. The molecule has 0 fully saturated rings. The number of fused-ring (bicyclic) bond motifs is 1. The number of nitrogens with one attached hydrogen (secondary N) is 1. The summed E-state index contributed by atoms with van der Waals surface area (Å²) < 4.78 is 26.9. The van der Waals surface area contributed by atoms with Gasteiger partial charge in [0.1, 0.15) is 11.6 Å². The number of nitrogens with zero attached hydrogens (tertiary/aromatic N) is 2. The maximum atomic E-state index is 13.7. The quantitative estimate of drug-likeness (QED) is 0.908. The number of ketones is 1. The van der Waals surface area contributed by atoms with Crippen molar-refractivity contribution in [3.05, 3.63) is 46.8 Å². The molecule has 114 valence electrons. The Labute approximate surface area is 123 Å². The zero-order chi connectivity index (χ0) is 15.9. The van der Waals surface area contributed by atoms with Crippen molar-refractivity contribution >= 4 is 17.4 Å². The molecule has 1 heterocycles. The number of halogens is 2. The highest BCUT2D eigenvalue weighted by molar-refractivity contribution is 6.06. The molecule has 0 saturated carbocycles. The maximum absolute atomic E-state index is 13.7. The Kier molecular flexibility index (Phi) is 3.36. The summed E-state index contributed by atoms with van der Waals surface area (Å²) >= 11 is 0. The number of Topliss-reactive ketones (excluding diaryl/α,β-unsaturated/α-hetero) is 1. The van der Waals surface area contributed by atoms with Crippen molar-refractivity contribution in [3.8, 4) is 0 Å². The van der Waals surface area contributed by atoms with E-state index >= 15 is 0 Å². The van der Waals surface area contributed by atoms with Crippen molar-refractivity contribution in [3.63, 3.8) is 0 Å². The molecular weight excluding hydrogens is 296 g/mol. The number of carbonyl (C=O) groups excluding carboxylic acids is 1. The molecule has 0 aliphatic heterocycles. The lowest BCUT2D eigenvalue weighted by Gasteiger charge is -2.14. The van der Waals surface area contributed by atoms with E-state index < -0.39 is 17.6 Å². The van der Waals surface area contributed by atoms with E-state index in [0.29, 0.717) is 18.5 Å². The van der Waals surface area contributed by atoms with Gasteiger partial charge in [-0.05, 0) is 25.0 Å². The van der Waals surface area contributed by atoms with Gasteiger partial charge in [0, 0.05) is 12.5 Å². The molecule has 0 atom stereocenters. The summed E-state index contributed by atoms with van der Waals surface area (Å²) in [6, 6.07) is 2.83. The molecule has 0 bridgehead atoms. The first kappa shape index (κ1) is 14.2. The lowest BCUT2D eigenvalue weighted by molar-refractivity contribution is 0.0684. The number of aromatic carboxylic acids is 1. The van der Waals surface area contributed by atoms with E-state index in [1.54, 1.807) is 0 Å². The van der Waals surface area contributed by atoms with E-state index in [-0.39, 0.29) is 29.1 Å². The van der Waals surface area contributed by atoms with Gasteiger partial charge in [0.15, 0.2) is 11.5 Å². The van der Waals surface area contributed by atoms with Gasteiger partial charge >= 0.3 is 5.97 Å². The number of benzene rings is 1. The summed E-state index contributed by atoms with van der Waals surface area (Å²) in [4.78, 5) is 24.2. The van der Waals surface area contributed by atoms with Gasteiger partial charge in [-0.3, -0.25) is 10.2 Å². The van der Waals surface area contributed by atoms with E-state index in [4.69, 9.17) is 5.11 Å². The van der Waals surface area contributed by atoms with Crippen LogP contribution in [0.2, 0.25) is 0 Å². The number of carbonyl (C=O) groups is 2. The van der Waals surface area contributed by atoms with Crippen LogP contribution in [-0.4, -0.2) is 26.7 Å². The van der Waals surface area contributed by atoms with Gasteiger partial charge in [-0.1, -0.05) is 0 Å². The molecule has 8 heteroatoms. The average Bonchev–Trinajstić information content (AvgIpc) is 2.83. The van der Waals surface area contributed by atoms with Crippen LogP contribution in [0.1, 0.15) is 39.4 Å². The van der Waals surface area contributed by atoms with Crippen LogP contribution < -0.4 is 5.43 Å². The Morgan fingerprint density at radius 3 is 2.82 bits per heavy atom. The fourth-order valence-corrected chi connectivity index (χ4v) is 2.46. The van der Waals surface area contributed by atoms with E-state index in [9.17, 15) is 18.4 Å². The largest absolute Gasteiger partial charge is 0.476 e. The summed E-state index contributed by atoms with van der Waals surface area (Å²) in [5.74, 6) is -3.03. The van der Waals surface area contributed by atoms with Gasteiger partial charge in [0.05, 0.1) is 16.9 Å². The van der Waals surface area contributed by atoms with Crippen molar-refractivity contribution in [2.45, 2.75) is 19.3 Å². The minimum atomic E-state index is -1.34. The molecule has 0 amide bonds. The highest BCUT2D eigenvalue weighted by Gasteiger charge is 2.30. The average molecular weight is 307 g/mol. The van der Waals surface area contributed by atoms with E-state index in [2.05, 4.69) is 10.5 Å². The summed E-state index contributed by atoms with van der Waals surface area (Å²) in [7, 11) is 0. The Morgan fingerprint density at radius 2 is 2.09 bits per heavy atom. The summed E-state index contributed by atoms with van der Waals surface area (Å²) in [6.45, 7) is 0. The molecule has 0 spiro atoms. The zero-order valence-corrected chi connectivity index (χ0v) is 11.3. The second-order valence-corrected chi connectivity index (χ2v) is 4.90. The second kappa shape index (κ2) is 5.21. The van der Waals surface area contributed by atoms with Crippen LogP contribution >= 0.6 is 0 Å². The van der Waals surface area contributed by atoms with Gasteiger partial charge in [-0.2, -0.15) is 4.79 Å². The minimum absolute atomic E-state index is 0.0306. The molecule has 0 unspecified atom stereocenters. The van der Waals surface area contributed by atoms with Gasteiger partial charge in [-0.25, -0.2) is 13.6 Å². The molecule has 0 saturated heterocycles. The predicted octanol–water partition coefficient (Wildman–Crippen LogP) is 2.25. The van der Waals surface area contributed by atoms with Crippen LogP contribution in [0.4, 0.5) is 14.5 Å². The number of aromatic nitrogens is 2. The molecule has 1 aromatic carbocycles. The number of hydrogen-bond donors (Lipinski definition) is 2. The number of rotatable bonds is 3. The third-order valence-corrected chi connectivity index (χ3v) is 3.43. The molecular formula is C14H11F2N3O3. The van der Waals surface area contributed by atoms with Crippen LogP contribution in [0, 0.1) is 11.6 Å². The number of anilines is 1. The SMILES string of the molecule is O=C(O)c1nn(Nc2cc(F)ccc2F)c2c1C(=O)CCC2. The topological polar surface area (TPSA) is 84.2 Å². The normalized spacial score (nSPS) is 13.8. The van der Waals surface area contributed by atoms with E-state index in [1.807, 2.05) is 0 Å². The van der Waals surface area contributed by atoms with Gasteiger partial charge in [0.25, 0.3) is 0 Å². The third-order valence-electron chi connectivity index (χ3n) is 3.43. The number of carboxylic acids is 1. The van der Waals surface area contributed by atoms with Crippen molar-refractivity contribution in [2.75, 3.05) is 5.43 Å². The minimum Gasteiger partial charge on any atom is -0.476 e. The van der Waals surface area contributed by atoms with Crippen molar-refractivity contribution in [1.82, 2.24) is 9.89 Å². The van der Waals surface area contributed by atoms with Crippen molar-refractivity contribution in [2.24, 2.45) is 0 Å². The smallest absolute Gasteiger partial charge is 0.357 e. The Hall–Kier alpha value is -2.77. The Balaban J connectivity index is 2.08. The summed E-state index contributed by atoms with van der Waals surface area (Å²) in [5, 5.41) is 13.0. The molecule has 3 rings (SSSR count). The Bertz CT molecular complexity index is 786. The first-order chi connectivity index (χ1) is 10.5. The lowest BCUT2D eigenvalue weighted by Crippen LogP contribution is -2.19. The van der Waals surface area contributed by atoms with Gasteiger partial charge in [0.2, 0.25) is 0 Å². The fraction of sp³-hybridized carbons (Fsp3) is 0.214. The predicted molar refractivity (Wildman–Crippen MR) is 71.8 cm³/mol. The van der Waals surface area contributed by atoms with Crippen LogP contribution in [-0.2, 0) is 6.42 Å². The first-order valence-corrected chi connectivity index (χ1v) is 6.58. The zero-order valence-electron chi connectivity index (χ0n) is 11.3. The van der Waals surface area contributed by atoms with E-state index in [1.165, 1.54) is 0 Å². The van der Waals surface area contributed by atoms with Crippen LogP contribution in [0.25, 0.3) is 0 Å². The second-order valence-electron chi connectivity index (χ2n) is 4.90. The maximum Gasteiger partial charge on any atom is 0.357 e. The highest BCUT2D eigenvalue weighted by Crippen LogP contribution is 2.25. The van der Waals surface area contributed by atoms with Crippen LogP contribution in [0.5, 0.6) is 0 Å². The monoisotopic (exact) mass is 307 g/mol. The first-order valence-electron chi connectivity index (χ1n) is 6.58. The molecule has 1 aromatic heterocycles. The van der Waals surface area contributed by atoms with Crippen molar-refractivity contribution in [1.29, 1.82) is 0 Å². The van der Waals surface area contributed by atoms with Gasteiger partial charge < -0.3 is 5.11 Å². The standard InChI is InChI=1S/C14H11F2N3O3/c15-7-4-5-8(16)9(6-7)17-19-10-2-1-3-11(20)12(10)13(18-19)14(21)22/h4-6,17H,1-3H2,(H,21,22).